The quantitative estimate of drug-likeness (QED) is 0.490. The minimum Gasteiger partial charge on any atom is -0.497 e. The van der Waals surface area contributed by atoms with Crippen LogP contribution in [0.3, 0.4) is 0 Å². The Balaban J connectivity index is 1.73. The molecule has 0 saturated heterocycles. The predicted octanol–water partition coefficient (Wildman–Crippen LogP) is 4.73. The second kappa shape index (κ2) is 8.63. The molecule has 1 N–H and O–H groups in total. The van der Waals surface area contributed by atoms with Crippen LogP contribution in [0.5, 0.6) is 5.75 Å². The smallest absolute Gasteiger partial charge is 0.195 e. The van der Waals surface area contributed by atoms with Crippen LogP contribution in [0.2, 0.25) is 0 Å². The van der Waals surface area contributed by atoms with Crippen molar-refractivity contribution in [2.75, 3.05) is 12.4 Å². The zero-order chi connectivity index (χ0) is 19.1. The van der Waals surface area contributed by atoms with E-state index in [1.807, 2.05) is 30.3 Å². The van der Waals surface area contributed by atoms with Gasteiger partial charge < -0.3 is 10.1 Å². The van der Waals surface area contributed by atoms with Crippen molar-refractivity contribution in [3.8, 4) is 5.75 Å². The van der Waals surface area contributed by atoms with Gasteiger partial charge in [0.2, 0.25) is 0 Å². The Morgan fingerprint density at radius 3 is 2.19 bits per heavy atom. The summed E-state index contributed by atoms with van der Waals surface area (Å²) in [6, 6.07) is 23.2. The average molecular weight is 357 g/mol. The first-order valence-corrected chi connectivity index (χ1v) is 8.49. The third-order valence-electron chi connectivity index (χ3n) is 4.06. The summed E-state index contributed by atoms with van der Waals surface area (Å²) in [7, 11) is 1.58. The monoisotopic (exact) mass is 357 g/mol. The number of methoxy groups -OCH3 is 1. The molecule has 0 aromatic heterocycles. The van der Waals surface area contributed by atoms with Crippen molar-refractivity contribution in [2.24, 2.45) is 0 Å². The molecule has 0 spiro atoms. The van der Waals surface area contributed by atoms with Gasteiger partial charge in [-0.2, -0.15) is 0 Å². The lowest BCUT2D eigenvalue weighted by Crippen LogP contribution is -2.05. The van der Waals surface area contributed by atoms with Crippen LogP contribution in [0, 0.1) is 0 Å². The largest absolute Gasteiger partial charge is 0.497 e. The third-order valence-corrected chi connectivity index (χ3v) is 4.06. The van der Waals surface area contributed by atoms with E-state index in [9.17, 15) is 9.59 Å². The summed E-state index contributed by atoms with van der Waals surface area (Å²) >= 11 is 0. The lowest BCUT2D eigenvalue weighted by molar-refractivity contribution is 0.103. The van der Waals surface area contributed by atoms with E-state index >= 15 is 0 Å². The molecule has 0 heterocycles. The van der Waals surface area contributed by atoms with Gasteiger partial charge >= 0.3 is 0 Å². The van der Waals surface area contributed by atoms with Gasteiger partial charge in [0.05, 0.1) is 7.11 Å². The maximum Gasteiger partial charge on any atom is 0.195 e. The zero-order valence-corrected chi connectivity index (χ0v) is 14.9. The van der Waals surface area contributed by atoms with Gasteiger partial charge in [0.25, 0.3) is 0 Å². The van der Waals surface area contributed by atoms with Crippen LogP contribution in [-0.4, -0.2) is 18.7 Å². The number of para-hydroxylation sites is 1. The van der Waals surface area contributed by atoms with E-state index in [0.29, 0.717) is 28.1 Å². The molecule has 0 bridgehead atoms. The lowest BCUT2D eigenvalue weighted by Gasteiger charge is -2.08. The molecule has 0 saturated carbocycles. The van der Waals surface area contributed by atoms with Crippen molar-refractivity contribution >= 4 is 17.3 Å². The molecule has 0 radical (unpaired) electrons. The molecule has 134 valence electrons. The number of anilines is 1. The number of carbonyl (C=O) groups is 2. The Bertz CT molecular complexity index is 960. The number of allylic oxidation sites excluding steroid dienone is 1. The number of nitrogens with one attached hydrogen (secondary N) is 1. The molecule has 3 rings (SSSR count). The molecule has 0 aliphatic rings. The number of rotatable bonds is 7. The van der Waals surface area contributed by atoms with Crippen LogP contribution in [0.25, 0.3) is 0 Å². The number of hydrogen-bond acceptors (Lipinski definition) is 4. The fourth-order valence-corrected chi connectivity index (χ4v) is 2.61. The molecule has 4 nitrogen and oxygen atoms in total. The van der Waals surface area contributed by atoms with Crippen LogP contribution >= 0.6 is 0 Å². The van der Waals surface area contributed by atoms with Gasteiger partial charge in [0.15, 0.2) is 11.6 Å². The van der Waals surface area contributed by atoms with Gasteiger partial charge in [-0.1, -0.05) is 42.5 Å². The molecule has 3 aromatic rings. The number of carbonyl (C=O) groups excluding carboxylic acids is 2. The number of hydrogen-bond donors (Lipinski definition) is 1. The second-order valence-corrected chi connectivity index (χ2v) is 5.81. The SMILES string of the molecule is COc1ccc(C(=O)/C=C/Nc2ccccc2C(=O)c2ccccc2)cc1. The molecular weight excluding hydrogens is 338 g/mol. The first-order chi connectivity index (χ1) is 13.2. The van der Waals surface area contributed by atoms with Gasteiger partial charge in [0.1, 0.15) is 5.75 Å². The highest BCUT2D eigenvalue weighted by Gasteiger charge is 2.12. The van der Waals surface area contributed by atoms with Crippen molar-refractivity contribution in [1.29, 1.82) is 0 Å². The van der Waals surface area contributed by atoms with E-state index in [0.717, 1.165) is 0 Å². The summed E-state index contributed by atoms with van der Waals surface area (Å²) in [4.78, 5) is 24.9. The van der Waals surface area contributed by atoms with Crippen LogP contribution < -0.4 is 10.1 Å². The lowest BCUT2D eigenvalue weighted by atomic mass is 10.0. The molecule has 0 aliphatic carbocycles. The molecule has 0 atom stereocenters. The highest BCUT2D eigenvalue weighted by Crippen LogP contribution is 2.19. The Hall–Kier alpha value is -3.66. The van der Waals surface area contributed by atoms with Crippen LogP contribution in [0.4, 0.5) is 5.69 Å². The highest BCUT2D eigenvalue weighted by atomic mass is 16.5. The standard InChI is InChI=1S/C23H19NO3/c1-27-19-13-11-17(12-14-19)22(25)15-16-24-21-10-6-5-9-20(21)23(26)18-7-3-2-4-8-18/h2-16,24H,1H3/b16-15+. The summed E-state index contributed by atoms with van der Waals surface area (Å²) in [5, 5.41) is 3.04. The summed E-state index contributed by atoms with van der Waals surface area (Å²) in [6.07, 6.45) is 2.98. The van der Waals surface area contributed by atoms with Gasteiger partial charge in [-0.15, -0.1) is 0 Å². The summed E-state index contributed by atoms with van der Waals surface area (Å²) in [5.41, 5.74) is 2.36. The van der Waals surface area contributed by atoms with Crippen molar-refractivity contribution in [1.82, 2.24) is 0 Å². The number of benzene rings is 3. The number of ketones is 2. The van der Waals surface area contributed by atoms with Crippen LogP contribution in [0.15, 0.2) is 91.1 Å². The number of ether oxygens (including phenoxy) is 1. The maximum absolute atomic E-state index is 12.7. The second-order valence-electron chi connectivity index (χ2n) is 5.81. The highest BCUT2D eigenvalue weighted by molar-refractivity contribution is 6.12. The minimum absolute atomic E-state index is 0.0754. The van der Waals surface area contributed by atoms with E-state index in [-0.39, 0.29) is 11.6 Å². The topological polar surface area (TPSA) is 55.4 Å². The molecule has 0 unspecified atom stereocenters. The van der Waals surface area contributed by atoms with Gasteiger partial charge in [-0.3, -0.25) is 9.59 Å². The Morgan fingerprint density at radius 2 is 1.48 bits per heavy atom. The fraction of sp³-hybridized carbons (Fsp3) is 0.0435. The Kier molecular flexibility index (Phi) is 5.80. The van der Waals surface area contributed by atoms with Crippen molar-refractivity contribution in [2.45, 2.75) is 0 Å². The minimum atomic E-state index is -0.142. The maximum atomic E-state index is 12.7. The normalized spacial score (nSPS) is 10.6. The molecular formula is C23H19NO3. The summed E-state index contributed by atoms with van der Waals surface area (Å²) < 4.78 is 5.09. The Labute approximate surface area is 158 Å². The molecule has 4 heteroatoms. The molecule has 0 aliphatic heterocycles. The van der Waals surface area contributed by atoms with E-state index < -0.39 is 0 Å². The van der Waals surface area contributed by atoms with E-state index in [2.05, 4.69) is 5.32 Å². The van der Waals surface area contributed by atoms with Crippen LogP contribution in [-0.2, 0) is 0 Å². The van der Waals surface area contributed by atoms with E-state index in [1.165, 1.54) is 6.08 Å². The van der Waals surface area contributed by atoms with Gasteiger partial charge in [0, 0.05) is 34.7 Å². The van der Waals surface area contributed by atoms with Gasteiger partial charge in [-0.25, -0.2) is 0 Å². The molecule has 0 fully saturated rings. The predicted molar refractivity (Wildman–Crippen MR) is 106 cm³/mol. The molecule has 27 heavy (non-hydrogen) atoms. The summed E-state index contributed by atoms with van der Waals surface area (Å²) in [5.74, 6) is 0.479. The molecule has 0 amide bonds. The molecule has 3 aromatic carbocycles. The van der Waals surface area contributed by atoms with Crippen molar-refractivity contribution in [3.05, 3.63) is 108 Å². The zero-order valence-electron chi connectivity index (χ0n) is 14.9. The summed E-state index contributed by atoms with van der Waals surface area (Å²) in [6.45, 7) is 0. The van der Waals surface area contributed by atoms with Crippen molar-refractivity contribution in [3.63, 3.8) is 0 Å². The first-order valence-electron chi connectivity index (χ1n) is 8.49. The van der Waals surface area contributed by atoms with Gasteiger partial charge in [-0.05, 0) is 36.4 Å². The van der Waals surface area contributed by atoms with Crippen LogP contribution in [0.1, 0.15) is 26.3 Å². The van der Waals surface area contributed by atoms with Crippen molar-refractivity contribution < 1.29 is 14.3 Å². The fourth-order valence-electron chi connectivity index (χ4n) is 2.61. The Morgan fingerprint density at radius 1 is 0.815 bits per heavy atom. The van der Waals surface area contributed by atoms with E-state index in [4.69, 9.17) is 4.74 Å². The van der Waals surface area contributed by atoms with E-state index in [1.54, 1.807) is 61.8 Å². The first kappa shape index (κ1) is 18.1. The third kappa shape index (κ3) is 4.50. The average Bonchev–Trinajstić information content (AvgIpc) is 2.74.